The van der Waals surface area contributed by atoms with Gasteiger partial charge in [0, 0.05) is 24.5 Å². The van der Waals surface area contributed by atoms with Crippen molar-refractivity contribution in [3.63, 3.8) is 0 Å². The normalized spacial score (nSPS) is 13.0. The maximum atomic E-state index is 4.30. The largest absolute Gasteiger partial charge is 0.363 e. The zero-order valence-electron chi connectivity index (χ0n) is 7.09. The number of nitrogens with one attached hydrogen (secondary N) is 1. The van der Waals surface area contributed by atoms with Gasteiger partial charge in [0.2, 0.25) is 5.13 Å². The summed E-state index contributed by atoms with van der Waals surface area (Å²) in [4.78, 5) is 4.30. The Kier molecular flexibility index (Phi) is 2.82. The molecule has 0 radical (unpaired) electrons. The van der Waals surface area contributed by atoms with Crippen molar-refractivity contribution in [1.82, 2.24) is 9.36 Å². The highest BCUT2D eigenvalue weighted by molar-refractivity contribution is 7.09. The molecule has 1 atom stereocenters. The highest BCUT2D eigenvalue weighted by Gasteiger charge is 2.08. The van der Waals surface area contributed by atoms with Crippen LogP contribution in [0.25, 0.3) is 0 Å². The van der Waals surface area contributed by atoms with Gasteiger partial charge >= 0.3 is 0 Å². The number of nitrogens with zero attached hydrogens (tertiary/aromatic N) is 2. The summed E-state index contributed by atoms with van der Waals surface area (Å²) in [6, 6.07) is 0. The van der Waals surface area contributed by atoms with E-state index in [2.05, 4.69) is 28.5 Å². The summed E-state index contributed by atoms with van der Waals surface area (Å²) >= 11 is 1.42. The lowest BCUT2D eigenvalue weighted by molar-refractivity contribution is 0.693. The van der Waals surface area contributed by atoms with E-state index in [0.717, 1.165) is 17.4 Å². The fraction of sp³-hybridized carbons (Fsp3) is 0.714. The average Bonchev–Trinajstić information content (AvgIpc) is 2.50. The molecular weight excluding hydrogens is 158 g/mol. The lowest BCUT2D eigenvalue weighted by atomic mass is 10.1. The summed E-state index contributed by atoms with van der Waals surface area (Å²) in [5.41, 5.74) is 0. The van der Waals surface area contributed by atoms with E-state index in [-0.39, 0.29) is 0 Å². The molecular formula is C7H13N3S. The van der Waals surface area contributed by atoms with Crippen LogP contribution in [0.3, 0.4) is 0 Å². The first kappa shape index (κ1) is 8.46. The van der Waals surface area contributed by atoms with Crippen LogP contribution < -0.4 is 5.32 Å². The molecule has 1 N–H and O–H groups in total. The molecule has 0 saturated carbocycles. The summed E-state index contributed by atoms with van der Waals surface area (Å²) in [6.45, 7) is 4.28. The predicted molar refractivity (Wildman–Crippen MR) is 48.2 cm³/mol. The molecule has 0 aliphatic heterocycles. The van der Waals surface area contributed by atoms with Crippen molar-refractivity contribution in [2.75, 3.05) is 12.4 Å². The first-order valence-electron chi connectivity index (χ1n) is 3.79. The van der Waals surface area contributed by atoms with Gasteiger partial charge in [-0.3, -0.25) is 0 Å². The van der Waals surface area contributed by atoms with Crippen LogP contribution in [0, 0.1) is 0 Å². The fourth-order valence-corrected chi connectivity index (χ4v) is 1.35. The van der Waals surface area contributed by atoms with Gasteiger partial charge in [-0.05, 0) is 6.42 Å². The van der Waals surface area contributed by atoms with E-state index in [9.17, 15) is 0 Å². The first-order chi connectivity index (χ1) is 5.27. The van der Waals surface area contributed by atoms with Gasteiger partial charge in [-0.1, -0.05) is 13.8 Å². The van der Waals surface area contributed by atoms with E-state index >= 15 is 0 Å². The Morgan fingerprint density at radius 3 is 2.82 bits per heavy atom. The topological polar surface area (TPSA) is 37.8 Å². The Morgan fingerprint density at radius 1 is 1.64 bits per heavy atom. The molecule has 62 valence electrons. The summed E-state index contributed by atoms with van der Waals surface area (Å²) in [5, 5.41) is 3.87. The highest BCUT2D eigenvalue weighted by atomic mass is 32.1. The Bertz CT molecular complexity index is 221. The standard InChI is InChI=1S/C7H13N3S/c1-4-5(2)6-9-7(8-3)11-10-6/h5H,4H2,1-3H3,(H,8,9,10). The average molecular weight is 171 g/mol. The monoisotopic (exact) mass is 171 g/mol. The van der Waals surface area contributed by atoms with Gasteiger partial charge in [0.1, 0.15) is 5.82 Å². The Morgan fingerprint density at radius 2 is 2.36 bits per heavy atom. The summed E-state index contributed by atoms with van der Waals surface area (Å²) < 4.78 is 4.23. The zero-order chi connectivity index (χ0) is 8.27. The molecule has 1 unspecified atom stereocenters. The predicted octanol–water partition coefficient (Wildman–Crippen LogP) is 2.09. The number of aromatic nitrogens is 2. The minimum atomic E-state index is 0.480. The van der Waals surface area contributed by atoms with E-state index in [1.54, 1.807) is 0 Å². The third kappa shape index (κ3) is 1.89. The van der Waals surface area contributed by atoms with Crippen LogP contribution in [-0.4, -0.2) is 16.4 Å². The molecule has 1 rings (SSSR count). The van der Waals surface area contributed by atoms with Gasteiger partial charge in [0.15, 0.2) is 0 Å². The van der Waals surface area contributed by atoms with E-state index in [0.29, 0.717) is 5.92 Å². The Balaban J connectivity index is 2.71. The van der Waals surface area contributed by atoms with Gasteiger partial charge in [-0.15, -0.1) is 0 Å². The second-order valence-electron chi connectivity index (χ2n) is 2.52. The fourth-order valence-electron chi connectivity index (χ4n) is 0.719. The van der Waals surface area contributed by atoms with Crippen LogP contribution in [0.1, 0.15) is 32.0 Å². The maximum absolute atomic E-state index is 4.30. The SMILES string of the molecule is CCC(C)c1nsc(NC)n1. The van der Waals surface area contributed by atoms with Crippen molar-refractivity contribution < 1.29 is 0 Å². The molecule has 1 heterocycles. The van der Waals surface area contributed by atoms with Crippen molar-refractivity contribution in [1.29, 1.82) is 0 Å². The number of hydrogen-bond donors (Lipinski definition) is 1. The molecule has 1 aromatic heterocycles. The Hall–Kier alpha value is -0.640. The van der Waals surface area contributed by atoms with Crippen LogP contribution in [0.15, 0.2) is 0 Å². The second-order valence-corrected chi connectivity index (χ2v) is 3.27. The summed E-state index contributed by atoms with van der Waals surface area (Å²) in [5.74, 6) is 1.44. The van der Waals surface area contributed by atoms with Crippen molar-refractivity contribution in [2.45, 2.75) is 26.2 Å². The van der Waals surface area contributed by atoms with Gasteiger partial charge in [0.05, 0.1) is 0 Å². The molecule has 0 aliphatic rings. The Labute approximate surface area is 71.0 Å². The maximum Gasteiger partial charge on any atom is 0.202 e. The smallest absolute Gasteiger partial charge is 0.202 e. The van der Waals surface area contributed by atoms with Gasteiger partial charge < -0.3 is 5.32 Å². The van der Waals surface area contributed by atoms with Crippen molar-refractivity contribution >= 4 is 16.7 Å². The van der Waals surface area contributed by atoms with Crippen LogP contribution in [0.2, 0.25) is 0 Å². The molecule has 0 aliphatic carbocycles. The van der Waals surface area contributed by atoms with E-state index in [1.165, 1.54) is 11.5 Å². The van der Waals surface area contributed by atoms with E-state index < -0.39 is 0 Å². The van der Waals surface area contributed by atoms with Crippen molar-refractivity contribution in [3.05, 3.63) is 5.82 Å². The van der Waals surface area contributed by atoms with Crippen LogP contribution in [0.4, 0.5) is 5.13 Å². The molecule has 0 aromatic carbocycles. The van der Waals surface area contributed by atoms with Crippen molar-refractivity contribution in [2.24, 2.45) is 0 Å². The van der Waals surface area contributed by atoms with Gasteiger partial charge in [-0.25, -0.2) is 4.98 Å². The van der Waals surface area contributed by atoms with Crippen LogP contribution in [0.5, 0.6) is 0 Å². The summed E-state index contributed by atoms with van der Waals surface area (Å²) in [6.07, 6.45) is 1.10. The van der Waals surface area contributed by atoms with Crippen molar-refractivity contribution in [3.8, 4) is 0 Å². The number of anilines is 1. The third-order valence-electron chi connectivity index (χ3n) is 1.71. The van der Waals surface area contributed by atoms with E-state index in [4.69, 9.17) is 0 Å². The quantitative estimate of drug-likeness (QED) is 0.756. The molecule has 0 fully saturated rings. The minimum absolute atomic E-state index is 0.480. The third-order valence-corrected chi connectivity index (χ3v) is 2.46. The minimum Gasteiger partial charge on any atom is -0.363 e. The first-order valence-corrected chi connectivity index (χ1v) is 4.56. The van der Waals surface area contributed by atoms with Crippen LogP contribution >= 0.6 is 11.5 Å². The molecule has 3 nitrogen and oxygen atoms in total. The molecule has 0 bridgehead atoms. The summed E-state index contributed by atoms with van der Waals surface area (Å²) in [7, 11) is 1.86. The lowest BCUT2D eigenvalue weighted by Crippen LogP contribution is -1.94. The molecule has 1 aromatic rings. The molecule has 0 saturated heterocycles. The molecule has 0 amide bonds. The number of hydrogen-bond acceptors (Lipinski definition) is 4. The lowest BCUT2D eigenvalue weighted by Gasteiger charge is -1.99. The molecule has 11 heavy (non-hydrogen) atoms. The van der Waals surface area contributed by atoms with Gasteiger partial charge in [0.25, 0.3) is 0 Å². The molecule has 4 heteroatoms. The van der Waals surface area contributed by atoms with Gasteiger partial charge in [-0.2, -0.15) is 4.37 Å². The molecule has 0 spiro atoms. The second kappa shape index (κ2) is 3.67. The number of rotatable bonds is 3. The van der Waals surface area contributed by atoms with Crippen LogP contribution in [-0.2, 0) is 0 Å². The highest BCUT2D eigenvalue weighted by Crippen LogP contribution is 2.19. The zero-order valence-corrected chi connectivity index (χ0v) is 7.90. The van der Waals surface area contributed by atoms with E-state index in [1.807, 2.05) is 7.05 Å².